The Morgan fingerprint density at radius 2 is 1.64 bits per heavy atom. The number of carboxylic acid groups (broad SMARTS) is 1. The Balaban J connectivity index is 1.83. The fourth-order valence-corrected chi connectivity index (χ4v) is 5.93. The number of nitrogens with one attached hydrogen (secondary N) is 1. The summed E-state index contributed by atoms with van der Waals surface area (Å²) in [7, 11) is 3.25. The third-order valence-corrected chi connectivity index (χ3v) is 8.23. The van der Waals surface area contributed by atoms with Crippen LogP contribution in [0.1, 0.15) is 51.9 Å². The highest BCUT2D eigenvalue weighted by atomic mass is 19.4. The number of ether oxygens (including phenoxy) is 1. The van der Waals surface area contributed by atoms with Crippen molar-refractivity contribution >= 4 is 11.9 Å². The maximum atomic E-state index is 15.9. The van der Waals surface area contributed by atoms with Crippen molar-refractivity contribution in [3.05, 3.63) is 116 Å². The molecule has 1 aromatic heterocycles. The van der Waals surface area contributed by atoms with Gasteiger partial charge < -0.3 is 20.1 Å². The van der Waals surface area contributed by atoms with E-state index in [2.05, 4.69) is 5.32 Å². The van der Waals surface area contributed by atoms with Crippen molar-refractivity contribution in [1.29, 1.82) is 0 Å². The quantitative estimate of drug-likeness (QED) is 0.207. The summed E-state index contributed by atoms with van der Waals surface area (Å²) >= 11 is 0. The molecule has 264 valence electrons. The van der Waals surface area contributed by atoms with Crippen LogP contribution >= 0.6 is 0 Å². The zero-order chi connectivity index (χ0) is 36.7. The van der Waals surface area contributed by atoms with Crippen molar-refractivity contribution < 1.29 is 50.2 Å². The van der Waals surface area contributed by atoms with E-state index in [1.165, 1.54) is 30.3 Å². The molecule has 0 radical (unpaired) electrons. The number of aryl methyl sites for hydroxylation is 1. The van der Waals surface area contributed by atoms with Gasteiger partial charge in [0.15, 0.2) is 0 Å². The van der Waals surface area contributed by atoms with Crippen molar-refractivity contribution in [3.8, 4) is 22.6 Å². The van der Waals surface area contributed by atoms with Crippen LogP contribution in [0, 0.1) is 12.7 Å². The molecule has 50 heavy (non-hydrogen) atoms. The summed E-state index contributed by atoms with van der Waals surface area (Å²) in [5.74, 6) is -4.60. The van der Waals surface area contributed by atoms with Crippen molar-refractivity contribution in [1.82, 2.24) is 14.8 Å². The minimum atomic E-state index is -5.25. The molecule has 4 bridgehead atoms. The van der Waals surface area contributed by atoms with Crippen LogP contribution in [0.4, 0.5) is 30.7 Å². The van der Waals surface area contributed by atoms with Crippen LogP contribution in [0.15, 0.2) is 71.7 Å². The number of rotatable bonds is 6. The average Bonchev–Trinajstić information content (AvgIpc) is 3.00. The number of aromatic nitrogens is 1. The maximum Gasteiger partial charge on any atom is 0.419 e. The van der Waals surface area contributed by atoms with E-state index in [0.717, 1.165) is 16.8 Å². The Labute approximate surface area is 280 Å². The van der Waals surface area contributed by atoms with Crippen LogP contribution in [0.5, 0.6) is 11.5 Å². The molecule has 0 spiro atoms. The molecule has 0 saturated carbocycles. The van der Waals surface area contributed by atoms with Gasteiger partial charge in [0.25, 0.3) is 5.56 Å². The Kier molecular flexibility index (Phi) is 9.83. The standard InChI is InChI=1S/C35H30F7N3O5/c1-18-6-4-9-27-30(18)21-13-23(31(36)25(14-21)35(40,41)42)26(16-29(47)48)43-33(49)32(19-7-5-8-22(12-19)50-27)45-17-20(10-11-44(2)3)24(15-28(45)46)34(37,38)39/h4-9,12-15,17,26,32H,10-11,16H2,1-3H3,(H,43,49)(H,47,48)/t26-,32+/m1/s1. The molecular weight excluding hydrogens is 675 g/mol. The first-order valence-corrected chi connectivity index (χ1v) is 15.1. The number of aliphatic carboxylic acids is 1. The van der Waals surface area contributed by atoms with Gasteiger partial charge in [-0.15, -0.1) is 0 Å². The minimum absolute atomic E-state index is 0.00824. The molecule has 0 aliphatic carbocycles. The highest BCUT2D eigenvalue weighted by molar-refractivity contribution is 5.85. The lowest BCUT2D eigenvalue weighted by molar-refractivity contribution is -0.140. The Morgan fingerprint density at radius 1 is 0.960 bits per heavy atom. The summed E-state index contributed by atoms with van der Waals surface area (Å²) in [4.78, 5) is 41.2. The molecule has 0 unspecified atom stereocenters. The molecule has 0 fully saturated rings. The summed E-state index contributed by atoms with van der Waals surface area (Å²) in [6, 6.07) is 8.29. The molecule has 1 amide bonds. The normalized spacial score (nSPS) is 16.4. The molecule has 2 N–H and O–H groups in total. The van der Waals surface area contributed by atoms with Gasteiger partial charge in [0.2, 0.25) is 5.91 Å². The second-order valence-corrected chi connectivity index (χ2v) is 12.1. The Bertz CT molecular complexity index is 2020. The summed E-state index contributed by atoms with van der Waals surface area (Å²) in [6.45, 7) is 1.70. The van der Waals surface area contributed by atoms with Crippen molar-refractivity contribution in [2.45, 2.75) is 44.2 Å². The zero-order valence-corrected chi connectivity index (χ0v) is 26.7. The highest BCUT2D eigenvalue weighted by Crippen LogP contribution is 2.43. The van der Waals surface area contributed by atoms with Crippen molar-refractivity contribution in [3.63, 3.8) is 0 Å². The van der Waals surface area contributed by atoms with E-state index in [4.69, 9.17) is 4.74 Å². The van der Waals surface area contributed by atoms with E-state index in [1.54, 1.807) is 38.1 Å². The number of pyridine rings is 1. The van der Waals surface area contributed by atoms with E-state index >= 15 is 4.39 Å². The van der Waals surface area contributed by atoms with Crippen LogP contribution in [0.25, 0.3) is 11.1 Å². The SMILES string of the molecule is Cc1cccc2c1-c1cc(c(F)c(C(F)(F)F)c1)[C@@H](CC(=O)O)NC(=O)[C@@H](n1cc(CCN(C)C)c(C(F)(F)F)cc1=O)c1cccc(c1)O2. The second-order valence-electron chi connectivity index (χ2n) is 12.1. The number of halogens is 7. The first-order valence-electron chi connectivity index (χ1n) is 15.1. The molecule has 4 aromatic rings. The third-order valence-electron chi connectivity index (χ3n) is 8.23. The van der Waals surface area contributed by atoms with E-state index < -0.39 is 70.8 Å². The number of fused-ring (bicyclic) bond motifs is 6. The van der Waals surface area contributed by atoms with E-state index in [1.807, 2.05) is 0 Å². The molecule has 3 aromatic carbocycles. The molecule has 2 atom stereocenters. The average molecular weight is 706 g/mol. The summed E-state index contributed by atoms with van der Waals surface area (Å²) in [5, 5.41) is 12.0. The lowest BCUT2D eigenvalue weighted by Crippen LogP contribution is -2.41. The lowest BCUT2D eigenvalue weighted by atomic mass is 9.91. The number of alkyl halides is 6. The Hall–Kier alpha value is -5.18. The van der Waals surface area contributed by atoms with Crippen LogP contribution < -0.4 is 15.6 Å². The molecule has 5 rings (SSSR count). The monoisotopic (exact) mass is 705 g/mol. The number of benzene rings is 3. The molecule has 0 saturated heterocycles. The van der Waals surface area contributed by atoms with Crippen molar-refractivity contribution in [2.75, 3.05) is 20.6 Å². The van der Waals surface area contributed by atoms with E-state index in [-0.39, 0.29) is 46.7 Å². The van der Waals surface area contributed by atoms with Gasteiger partial charge in [-0.05, 0) is 80.0 Å². The number of hydrogen-bond acceptors (Lipinski definition) is 5. The Morgan fingerprint density at radius 3 is 2.28 bits per heavy atom. The molecule has 1 aliphatic rings. The van der Waals surface area contributed by atoms with Gasteiger partial charge in [-0.3, -0.25) is 19.0 Å². The van der Waals surface area contributed by atoms with E-state index in [9.17, 15) is 45.8 Å². The summed E-state index contributed by atoms with van der Waals surface area (Å²) in [6.07, 6.45) is -10.6. The van der Waals surface area contributed by atoms with Crippen molar-refractivity contribution in [2.24, 2.45) is 0 Å². The number of carbonyl (C=O) groups is 2. The fourth-order valence-electron chi connectivity index (χ4n) is 5.93. The van der Waals surface area contributed by atoms with Gasteiger partial charge >= 0.3 is 18.3 Å². The smallest absolute Gasteiger partial charge is 0.419 e. The number of hydrogen-bond donors (Lipinski definition) is 2. The van der Waals surface area contributed by atoms with Gasteiger partial charge in [0.1, 0.15) is 23.4 Å². The minimum Gasteiger partial charge on any atom is -0.481 e. The number of nitrogens with zero attached hydrogens (tertiary/aromatic N) is 2. The molecule has 8 nitrogen and oxygen atoms in total. The summed E-state index contributed by atoms with van der Waals surface area (Å²) < 4.78 is 108. The van der Waals surface area contributed by atoms with Gasteiger partial charge in [0.05, 0.1) is 23.6 Å². The second kappa shape index (κ2) is 13.6. The lowest BCUT2D eigenvalue weighted by Gasteiger charge is -2.26. The highest BCUT2D eigenvalue weighted by Gasteiger charge is 2.39. The number of carboxylic acids is 1. The number of carbonyl (C=O) groups excluding carboxylic acids is 1. The van der Waals surface area contributed by atoms with Gasteiger partial charge in [0, 0.05) is 29.9 Å². The largest absolute Gasteiger partial charge is 0.481 e. The van der Waals surface area contributed by atoms with E-state index in [0.29, 0.717) is 17.7 Å². The zero-order valence-electron chi connectivity index (χ0n) is 26.7. The molecule has 2 heterocycles. The van der Waals surface area contributed by atoms with Crippen LogP contribution in [0.2, 0.25) is 0 Å². The first-order chi connectivity index (χ1) is 23.3. The summed E-state index contributed by atoms with van der Waals surface area (Å²) in [5.41, 5.74) is -5.05. The topological polar surface area (TPSA) is 101 Å². The molecular formula is C35H30F7N3O5. The predicted molar refractivity (Wildman–Crippen MR) is 167 cm³/mol. The third kappa shape index (κ3) is 7.52. The van der Waals surface area contributed by atoms with Gasteiger partial charge in [-0.25, -0.2) is 4.39 Å². The predicted octanol–water partition coefficient (Wildman–Crippen LogP) is 7.13. The number of likely N-dealkylation sites (N-methyl/N-ethyl adjacent to an activating group) is 1. The molecule has 15 heteroatoms. The van der Waals surface area contributed by atoms with Crippen LogP contribution in [-0.2, 0) is 28.4 Å². The first kappa shape index (κ1) is 36.1. The van der Waals surface area contributed by atoms with Gasteiger partial charge in [-0.2, -0.15) is 26.3 Å². The van der Waals surface area contributed by atoms with Gasteiger partial charge in [-0.1, -0.05) is 24.3 Å². The van der Waals surface area contributed by atoms with Crippen LogP contribution in [-0.4, -0.2) is 47.1 Å². The van der Waals surface area contributed by atoms with Crippen LogP contribution in [0.3, 0.4) is 0 Å². The maximum absolute atomic E-state index is 15.9. The fraction of sp³-hybridized carbons (Fsp3) is 0.286. The molecule has 1 aliphatic heterocycles. The number of amides is 1.